The molecule has 1 atom stereocenters. The van der Waals surface area contributed by atoms with E-state index in [2.05, 4.69) is 24.1 Å². The molecule has 2 rings (SSSR count). The number of urea groups is 1. The molecule has 1 fully saturated rings. The van der Waals surface area contributed by atoms with Crippen LogP contribution in [0.4, 0.5) is 14.9 Å². The molecule has 1 aromatic carbocycles. The van der Waals surface area contributed by atoms with Gasteiger partial charge in [0.25, 0.3) is 0 Å². The van der Waals surface area contributed by atoms with E-state index < -0.39 is 5.82 Å². The number of amides is 2. The van der Waals surface area contributed by atoms with Gasteiger partial charge in [0.1, 0.15) is 5.82 Å². The number of benzene rings is 1. The molecule has 4 nitrogen and oxygen atoms in total. The van der Waals surface area contributed by atoms with Gasteiger partial charge in [-0.05, 0) is 25.5 Å². The highest BCUT2D eigenvalue weighted by atomic mass is 19.1. The van der Waals surface area contributed by atoms with Gasteiger partial charge in [0, 0.05) is 32.2 Å². The van der Waals surface area contributed by atoms with Crippen molar-refractivity contribution in [3.8, 4) is 0 Å². The molecule has 0 aromatic heterocycles. The van der Waals surface area contributed by atoms with Gasteiger partial charge >= 0.3 is 6.03 Å². The fraction of sp³-hybridized carbons (Fsp3) is 0.533. The van der Waals surface area contributed by atoms with Gasteiger partial charge in [0.05, 0.1) is 5.69 Å². The van der Waals surface area contributed by atoms with E-state index in [-0.39, 0.29) is 11.7 Å². The maximum Gasteiger partial charge on any atom is 0.322 e. The summed E-state index contributed by atoms with van der Waals surface area (Å²) < 4.78 is 13.5. The van der Waals surface area contributed by atoms with Crippen LogP contribution in [0.15, 0.2) is 24.3 Å². The molecule has 5 heteroatoms. The third-order valence-electron chi connectivity index (χ3n) is 3.93. The lowest BCUT2D eigenvalue weighted by Crippen LogP contribution is -2.52. The summed E-state index contributed by atoms with van der Waals surface area (Å²) in [7, 11) is 0. The number of piperazine rings is 1. The number of hydrogen-bond donors (Lipinski definition) is 1. The molecular weight excluding hydrogens is 257 g/mol. The molecule has 0 saturated carbocycles. The van der Waals surface area contributed by atoms with Crippen molar-refractivity contribution < 1.29 is 9.18 Å². The van der Waals surface area contributed by atoms with Crippen molar-refractivity contribution in [2.45, 2.75) is 26.3 Å². The molecule has 1 aromatic rings. The van der Waals surface area contributed by atoms with E-state index >= 15 is 0 Å². The second-order valence-corrected chi connectivity index (χ2v) is 5.19. The number of carbonyl (C=O) groups is 1. The van der Waals surface area contributed by atoms with Gasteiger partial charge < -0.3 is 10.2 Å². The lowest BCUT2D eigenvalue weighted by molar-refractivity contribution is 0.117. The van der Waals surface area contributed by atoms with Crippen LogP contribution in [-0.4, -0.2) is 48.1 Å². The Balaban J connectivity index is 1.88. The van der Waals surface area contributed by atoms with E-state index in [1.165, 1.54) is 6.07 Å². The maximum absolute atomic E-state index is 13.5. The maximum atomic E-state index is 13.5. The molecule has 0 bridgehead atoms. The molecule has 0 spiro atoms. The molecule has 1 aliphatic rings. The normalized spacial score (nSPS) is 17.9. The minimum atomic E-state index is -0.404. The molecule has 0 radical (unpaired) electrons. The zero-order valence-electron chi connectivity index (χ0n) is 12.1. The number of rotatable bonds is 3. The summed E-state index contributed by atoms with van der Waals surface area (Å²) in [4.78, 5) is 16.2. The van der Waals surface area contributed by atoms with E-state index in [0.29, 0.717) is 19.1 Å². The van der Waals surface area contributed by atoms with Crippen LogP contribution >= 0.6 is 0 Å². The van der Waals surface area contributed by atoms with Gasteiger partial charge in [0.15, 0.2) is 0 Å². The Bertz CT molecular complexity index is 458. The summed E-state index contributed by atoms with van der Waals surface area (Å²) in [6, 6.07) is 6.56. The Morgan fingerprint density at radius 1 is 1.30 bits per heavy atom. The van der Waals surface area contributed by atoms with Crippen molar-refractivity contribution >= 4 is 11.7 Å². The molecule has 20 heavy (non-hydrogen) atoms. The summed E-state index contributed by atoms with van der Waals surface area (Å²) in [5.41, 5.74) is 0.238. The van der Waals surface area contributed by atoms with Crippen molar-refractivity contribution in [1.29, 1.82) is 0 Å². The molecule has 1 heterocycles. The highest BCUT2D eigenvalue weighted by molar-refractivity contribution is 5.89. The first-order valence-electron chi connectivity index (χ1n) is 7.16. The summed E-state index contributed by atoms with van der Waals surface area (Å²) in [5, 5.41) is 2.63. The molecule has 1 saturated heterocycles. The van der Waals surface area contributed by atoms with Gasteiger partial charge in [-0.2, -0.15) is 0 Å². The largest absolute Gasteiger partial charge is 0.322 e. The van der Waals surface area contributed by atoms with Crippen LogP contribution < -0.4 is 5.32 Å². The number of carbonyl (C=O) groups excluding carboxylic acids is 1. The zero-order chi connectivity index (χ0) is 14.5. The third kappa shape index (κ3) is 3.48. The first kappa shape index (κ1) is 14.8. The van der Waals surface area contributed by atoms with Crippen molar-refractivity contribution in [2.24, 2.45) is 0 Å². The van der Waals surface area contributed by atoms with E-state index in [9.17, 15) is 9.18 Å². The van der Waals surface area contributed by atoms with E-state index in [4.69, 9.17) is 0 Å². The topological polar surface area (TPSA) is 35.6 Å². The number of para-hydroxylation sites is 1. The Morgan fingerprint density at radius 2 is 1.95 bits per heavy atom. The van der Waals surface area contributed by atoms with Crippen molar-refractivity contribution in [3.05, 3.63) is 30.1 Å². The molecular formula is C15H22FN3O. The number of hydrogen-bond acceptors (Lipinski definition) is 2. The molecule has 1 aliphatic heterocycles. The van der Waals surface area contributed by atoms with Crippen LogP contribution in [0.5, 0.6) is 0 Å². The summed E-state index contributed by atoms with van der Waals surface area (Å²) in [6.07, 6.45) is 1.11. The number of nitrogens with zero attached hydrogens (tertiary/aromatic N) is 2. The van der Waals surface area contributed by atoms with Crippen molar-refractivity contribution in [3.63, 3.8) is 0 Å². The minimum Gasteiger partial charge on any atom is -0.322 e. The number of halogens is 1. The molecule has 1 N–H and O–H groups in total. The van der Waals surface area contributed by atoms with Gasteiger partial charge in [0.2, 0.25) is 0 Å². The smallest absolute Gasteiger partial charge is 0.322 e. The van der Waals surface area contributed by atoms with Crippen molar-refractivity contribution in [1.82, 2.24) is 9.80 Å². The quantitative estimate of drug-likeness (QED) is 0.923. The Hall–Kier alpha value is -1.62. The molecule has 110 valence electrons. The van der Waals surface area contributed by atoms with E-state index in [1.54, 1.807) is 23.1 Å². The highest BCUT2D eigenvalue weighted by Crippen LogP contribution is 2.14. The van der Waals surface area contributed by atoms with E-state index in [0.717, 1.165) is 19.5 Å². The van der Waals surface area contributed by atoms with E-state index in [1.807, 2.05) is 0 Å². The number of anilines is 1. The highest BCUT2D eigenvalue weighted by Gasteiger charge is 2.23. The second kappa shape index (κ2) is 6.70. The minimum absolute atomic E-state index is 0.223. The van der Waals surface area contributed by atoms with Gasteiger partial charge in [-0.25, -0.2) is 9.18 Å². The van der Waals surface area contributed by atoms with Gasteiger partial charge in [-0.3, -0.25) is 4.90 Å². The summed E-state index contributed by atoms with van der Waals surface area (Å²) in [5.74, 6) is -0.404. The Morgan fingerprint density at radius 3 is 2.55 bits per heavy atom. The lowest BCUT2D eigenvalue weighted by Gasteiger charge is -2.37. The first-order chi connectivity index (χ1) is 9.61. The standard InChI is InChI=1S/C15H22FN3O/c1-3-12(2)18-8-10-19(11-9-18)15(20)17-14-7-5-4-6-13(14)16/h4-7,12H,3,8-11H2,1-2H3,(H,17,20). The second-order valence-electron chi connectivity index (χ2n) is 5.19. The zero-order valence-corrected chi connectivity index (χ0v) is 12.1. The summed E-state index contributed by atoms with van der Waals surface area (Å²) in [6.45, 7) is 7.49. The van der Waals surface area contributed by atoms with Crippen LogP contribution in [0.1, 0.15) is 20.3 Å². The van der Waals surface area contributed by atoms with Crippen molar-refractivity contribution in [2.75, 3.05) is 31.5 Å². The Kier molecular flexibility index (Phi) is 4.95. The molecule has 2 amide bonds. The molecule has 0 aliphatic carbocycles. The van der Waals surface area contributed by atoms with Crippen LogP contribution in [0.25, 0.3) is 0 Å². The lowest BCUT2D eigenvalue weighted by atomic mass is 10.2. The van der Waals surface area contributed by atoms with Crippen LogP contribution in [0.3, 0.4) is 0 Å². The number of nitrogens with one attached hydrogen (secondary N) is 1. The Labute approximate surface area is 119 Å². The third-order valence-corrected chi connectivity index (χ3v) is 3.93. The fourth-order valence-electron chi connectivity index (χ4n) is 2.38. The van der Waals surface area contributed by atoms with Crippen LogP contribution in [-0.2, 0) is 0 Å². The van der Waals surface area contributed by atoms with Gasteiger partial charge in [-0.1, -0.05) is 19.1 Å². The average molecular weight is 279 g/mol. The predicted molar refractivity (Wildman–Crippen MR) is 78.3 cm³/mol. The van der Waals surface area contributed by atoms with Crippen LogP contribution in [0.2, 0.25) is 0 Å². The fourth-order valence-corrected chi connectivity index (χ4v) is 2.38. The van der Waals surface area contributed by atoms with Gasteiger partial charge in [-0.15, -0.1) is 0 Å². The van der Waals surface area contributed by atoms with Crippen LogP contribution in [0, 0.1) is 5.82 Å². The summed E-state index contributed by atoms with van der Waals surface area (Å²) >= 11 is 0. The predicted octanol–water partition coefficient (Wildman–Crippen LogP) is 2.77. The SMILES string of the molecule is CCC(C)N1CCN(C(=O)Nc2ccccc2F)CC1. The average Bonchev–Trinajstić information content (AvgIpc) is 2.49. The monoisotopic (exact) mass is 279 g/mol. The first-order valence-corrected chi connectivity index (χ1v) is 7.16. The molecule has 1 unspecified atom stereocenters.